The second-order valence-electron chi connectivity index (χ2n) is 3.99. The van der Waals surface area contributed by atoms with E-state index in [2.05, 4.69) is 10.6 Å². The van der Waals surface area contributed by atoms with Gasteiger partial charge in [0.25, 0.3) is 0 Å². The van der Waals surface area contributed by atoms with Crippen LogP contribution in [0.5, 0.6) is 5.75 Å². The Labute approximate surface area is 99.2 Å². The van der Waals surface area contributed by atoms with Crippen LogP contribution >= 0.6 is 0 Å². The lowest BCUT2D eigenvalue weighted by Crippen LogP contribution is -2.35. The average molecular weight is 238 g/mol. The second-order valence-corrected chi connectivity index (χ2v) is 3.99. The molecular weight excluding hydrogens is 223 g/mol. The third-order valence-corrected chi connectivity index (χ3v) is 2.80. The van der Waals surface area contributed by atoms with Gasteiger partial charge < -0.3 is 15.4 Å². The number of benzene rings is 1. The van der Waals surface area contributed by atoms with E-state index in [9.17, 15) is 9.18 Å². The predicted molar refractivity (Wildman–Crippen MR) is 62.6 cm³/mol. The molecule has 1 aliphatic heterocycles. The molecule has 0 aliphatic carbocycles. The number of halogens is 1. The fourth-order valence-electron chi connectivity index (χ4n) is 1.88. The molecule has 0 saturated carbocycles. The molecule has 0 radical (unpaired) electrons. The Hall–Kier alpha value is -1.62. The maximum absolute atomic E-state index is 13.4. The molecule has 1 aliphatic rings. The van der Waals surface area contributed by atoms with Crippen molar-refractivity contribution >= 4 is 11.6 Å². The molecule has 2 rings (SSSR count). The van der Waals surface area contributed by atoms with Gasteiger partial charge in [0, 0.05) is 11.8 Å². The van der Waals surface area contributed by atoms with Crippen LogP contribution < -0.4 is 15.4 Å². The van der Waals surface area contributed by atoms with E-state index in [1.165, 1.54) is 19.2 Å². The molecule has 5 heteroatoms. The summed E-state index contributed by atoms with van der Waals surface area (Å²) in [4.78, 5) is 11.8. The molecule has 1 atom stereocenters. The molecule has 1 fully saturated rings. The van der Waals surface area contributed by atoms with Crippen LogP contribution in [0.2, 0.25) is 0 Å². The largest absolute Gasteiger partial charge is 0.494 e. The van der Waals surface area contributed by atoms with Gasteiger partial charge in [-0.1, -0.05) is 0 Å². The van der Waals surface area contributed by atoms with E-state index >= 15 is 0 Å². The predicted octanol–water partition coefficient (Wildman–Crippen LogP) is 1.52. The van der Waals surface area contributed by atoms with E-state index in [1.54, 1.807) is 6.07 Å². The number of methoxy groups -OCH3 is 1. The van der Waals surface area contributed by atoms with Gasteiger partial charge in [-0.3, -0.25) is 4.79 Å². The van der Waals surface area contributed by atoms with E-state index < -0.39 is 5.82 Å². The highest BCUT2D eigenvalue weighted by molar-refractivity contribution is 5.95. The molecule has 0 bridgehead atoms. The van der Waals surface area contributed by atoms with E-state index in [0.29, 0.717) is 5.69 Å². The maximum atomic E-state index is 13.4. The van der Waals surface area contributed by atoms with Crippen LogP contribution in [0.3, 0.4) is 0 Å². The molecule has 1 aromatic rings. The molecule has 17 heavy (non-hydrogen) atoms. The first-order valence-electron chi connectivity index (χ1n) is 5.58. The molecule has 1 aromatic carbocycles. The molecule has 4 nitrogen and oxygen atoms in total. The minimum absolute atomic E-state index is 0.118. The van der Waals surface area contributed by atoms with Crippen molar-refractivity contribution in [3.63, 3.8) is 0 Å². The van der Waals surface area contributed by atoms with Crippen molar-refractivity contribution in [3.05, 3.63) is 24.0 Å². The zero-order valence-corrected chi connectivity index (χ0v) is 9.63. The Morgan fingerprint density at radius 1 is 1.59 bits per heavy atom. The third-order valence-electron chi connectivity index (χ3n) is 2.80. The number of carbonyl (C=O) groups excluding carboxylic acids is 1. The number of rotatable bonds is 3. The number of nitrogens with one attached hydrogen (secondary N) is 2. The quantitative estimate of drug-likeness (QED) is 0.839. The van der Waals surface area contributed by atoms with Gasteiger partial charge in [-0.2, -0.15) is 0 Å². The number of hydrogen-bond donors (Lipinski definition) is 2. The molecular formula is C12H15FN2O2. The molecule has 92 valence electrons. The van der Waals surface area contributed by atoms with Crippen molar-refractivity contribution in [3.8, 4) is 5.75 Å². The van der Waals surface area contributed by atoms with E-state index in [0.717, 1.165) is 19.4 Å². The zero-order chi connectivity index (χ0) is 12.3. The Morgan fingerprint density at radius 2 is 2.41 bits per heavy atom. The lowest BCUT2D eigenvalue weighted by Gasteiger charge is -2.11. The first kappa shape index (κ1) is 11.9. The zero-order valence-electron chi connectivity index (χ0n) is 9.63. The van der Waals surface area contributed by atoms with Crippen molar-refractivity contribution in [1.82, 2.24) is 5.32 Å². The number of anilines is 1. The summed E-state index contributed by atoms with van der Waals surface area (Å²) in [6.45, 7) is 0.856. The van der Waals surface area contributed by atoms with Crippen molar-refractivity contribution in [1.29, 1.82) is 0 Å². The summed E-state index contributed by atoms with van der Waals surface area (Å²) in [6.07, 6.45) is 1.82. The Morgan fingerprint density at radius 3 is 3.00 bits per heavy atom. The SMILES string of the molecule is COc1ccc(NC(=O)C2CCCN2)cc1F. The first-order chi connectivity index (χ1) is 8.20. The minimum Gasteiger partial charge on any atom is -0.494 e. The smallest absolute Gasteiger partial charge is 0.241 e. The molecule has 0 aromatic heterocycles. The topological polar surface area (TPSA) is 50.4 Å². The summed E-state index contributed by atoms with van der Waals surface area (Å²) in [5.74, 6) is -0.432. The van der Waals surface area contributed by atoms with Gasteiger partial charge >= 0.3 is 0 Å². The van der Waals surface area contributed by atoms with Crippen LogP contribution in [0.15, 0.2) is 18.2 Å². The molecule has 1 unspecified atom stereocenters. The van der Waals surface area contributed by atoms with Crippen LogP contribution in [-0.2, 0) is 4.79 Å². The Kier molecular flexibility index (Phi) is 3.58. The summed E-state index contributed by atoms with van der Waals surface area (Å²) >= 11 is 0. The van der Waals surface area contributed by atoms with E-state index in [-0.39, 0.29) is 17.7 Å². The third kappa shape index (κ3) is 2.74. The van der Waals surface area contributed by atoms with Crippen molar-refractivity contribution in [2.24, 2.45) is 0 Å². The summed E-state index contributed by atoms with van der Waals surface area (Å²) < 4.78 is 18.2. The fraction of sp³-hybridized carbons (Fsp3) is 0.417. The van der Waals surface area contributed by atoms with Gasteiger partial charge in [-0.05, 0) is 31.5 Å². The molecule has 2 N–H and O–H groups in total. The number of amides is 1. The number of ether oxygens (including phenoxy) is 1. The van der Waals surface area contributed by atoms with Crippen molar-refractivity contribution in [2.75, 3.05) is 19.0 Å². The summed E-state index contributed by atoms with van der Waals surface area (Å²) in [6, 6.07) is 4.20. The van der Waals surface area contributed by atoms with Crippen LogP contribution in [0.4, 0.5) is 10.1 Å². The Balaban J connectivity index is 2.03. The Bertz CT molecular complexity index is 417. The van der Waals surface area contributed by atoms with E-state index in [4.69, 9.17) is 4.74 Å². The van der Waals surface area contributed by atoms with Crippen LogP contribution in [0.1, 0.15) is 12.8 Å². The van der Waals surface area contributed by atoms with Crippen molar-refractivity contribution < 1.29 is 13.9 Å². The molecule has 0 spiro atoms. The monoisotopic (exact) mass is 238 g/mol. The van der Waals surface area contributed by atoms with E-state index in [1.807, 2.05) is 0 Å². The molecule has 1 amide bonds. The first-order valence-corrected chi connectivity index (χ1v) is 5.58. The van der Waals surface area contributed by atoms with Gasteiger partial charge in [0.1, 0.15) is 0 Å². The molecule has 1 saturated heterocycles. The van der Waals surface area contributed by atoms with Gasteiger partial charge in [0.15, 0.2) is 11.6 Å². The van der Waals surface area contributed by atoms with Crippen LogP contribution in [-0.4, -0.2) is 25.6 Å². The maximum Gasteiger partial charge on any atom is 0.241 e. The summed E-state index contributed by atoms with van der Waals surface area (Å²) in [7, 11) is 1.40. The van der Waals surface area contributed by atoms with Gasteiger partial charge in [0.2, 0.25) is 5.91 Å². The lowest BCUT2D eigenvalue weighted by atomic mass is 10.2. The van der Waals surface area contributed by atoms with Gasteiger partial charge in [0.05, 0.1) is 13.2 Å². The second kappa shape index (κ2) is 5.14. The van der Waals surface area contributed by atoms with Crippen LogP contribution in [0, 0.1) is 5.82 Å². The summed E-state index contributed by atoms with van der Waals surface area (Å²) in [5, 5.41) is 5.76. The van der Waals surface area contributed by atoms with Crippen LogP contribution in [0.25, 0.3) is 0 Å². The summed E-state index contributed by atoms with van der Waals surface area (Å²) in [5.41, 5.74) is 0.446. The lowest BCUT2D eigenvalue weighted by molar-refractivity contribution is -0.117. The average Bonchev–Trinajstić information content (AvgIpc) is 2.82. The number of carbonyl (C=O) groups is 1. The van der Waals surface area contributed by atoms with Crippen molar-refractivity contribution in [2.45, 2.75) is 18.9 Å². The van der Waals surface area contributed by atoms with Gasteiger partial charge in [-0.15, -0.1) is 0 Å². The standard InChI is InChI=1S/C12H15FN2O2/c1-17-11-5-4-8(7-9(11)13)15-12(16)10-3-2-6-14-10/h4-5,7,10,14H,2-3,6H2,1H3,(H,15,16). The fourth-order valence-corrected chi connectivity index (χ4v) is 1.88. The van der Waals surface area contributed by atoms with Gasteiger partial charge in [-0.25, -0.2) is 4.39 Å². The number of hydrogen-bond acceptors (Lipinski definition) is 3. The highest BCUT2D eigenvalue weighted by Crippen LogP contribution is 2.21. The normalized spacial score (nSPS) is 19.1. The minimum atomic E-state index is -0.482. The highest BCUT2D eigenvalue weighted by atomic mass is 19.1. The highest BCUT2D eigenvalue weighted by Gasteiger charge is 2.22. The molecule has 1 heterocycles.